The number of morpholine rings is 2. The van der Waals surface area contributed by atoms with E-state index in [-0.39, 0.29) is 0 Å². The van der Waals surface area contributed by atoms with Gasteiger partial charge in [-0.2, -0.15) is 0 Å². The summed E-state index contributed by atoms with van der Waals surface area (Å²) in [5.74, 6) is -4.11. The van der Waals surface area contributed by atoms with Crippen LogP contribution in [0.3, 0.4) is 0 Å². The predicted molar refractivity (Wildman–Crippen MR) is 71.6 cm³/mol. The maximum atomic E-state index is 12.1. The van der Waals surface area contributed by atoms with E-state index in [2.05, 4.69) is 10.6 Å². The van der Waals surface area contributed by atoms with E-state index in [4.69, 9.17) is 18.9 Å². The lowest BCUT2D eigenvalue weighted by Gasteiger charge is -2.46. The topological polar surface area (TPSA) is 95.1 Å². The number of ether oxygens (including phenoxy) is 4. The summed E-state index contributed by atoms with van der Waals surface area (Å²) in [6.07, 6.45) is 2.91. The van der Waals surface area contributed by atoms with Gasteiger partial charge in [-0.05, 0) is 12.8 Å². The first-order valence-corrected chi connectivity index (χ1v) is 7.79. The molecule has 0 aromatic carbocycles. The van der Waals surface area contributed by atoms with E-state index in [1.807, 2.05) is 0 Å². The van der Waals surface area contributed by atoms with Crippen LogP contribution in [0.25, 0.3) is 0 Å². The highest BCUT2D eigenvalue weighted by Crippen LogP contribution is 2.33. The molecule has 6 fully saturated rings. The zero-order valence-corrected chi connectivity index (χ0v) is 12.3. The molecule has 6 aliphatic rings. The van der Waals surface area contributed by atoms with Gasteiger partial charge in [0.25, 0.3) is 0 Å². The minimum absolute atomic E-state index is 0.309. The molecule has 122 valence electrons. The third-order valence-corrected chi connectivity index (χ3v) is 4.89. The van der Waals surface area contributed by atoms with Crippen LogP contribution in [0.1, 0.15) is 25.7 Å². The molecule has 0 amide bonds. The van der Waals surface area contributed by atoms with Crippen molar-refractivity contribution in [3.05, 3.63) is 0 Å². The maximum absolute atomic E-state index is 12.1. The summed E-state index contributed by atoms with van der Waals surface area (Å²) < 4.78 is 21.8. The first kappa shape index (κ1) is 14.4. The lowest BCUT2D eigenvalue weighted by molar-refractivity contribution is -0.281. The van der Waals surface area contributed by atoms with Crippen molar-refractivity contribution in [2.75, 3.05) is 26.3 Å². The number of carbonyl (C=O) groups is 2. The molecule has 0 aliphatic carbocycles. The Labute approximate surface area is 127 Å². The van der Waals surface area contributed by atoms with Crippen LogP contribution in [0.2, 0.25) is 0 Å². The molecule has 22 heavy (non-hydrogen) atoms. The molecule has 2 N–H and O–H groups in total. The van der Waals surface area contributed by atoms with Gasteiger partial charge < -0.3 is 29.6 Å². The Hall–Kier alpha value is -1.22. The smallest absolute Gasteiger partial charge is 0.420 e. The van der Waals surface area contributed by atoms with E-state index >= 15 is 0 Å². The Bertz CT molecular complexity index is 408. The molecule has 0 spiro atoms. The molecule has 0 aromatic heterocycles. The second-order valence-corrected chi connectivity index (χ2v) is 6.46. The molecule has 6 saturated heterocycles. The summed E-state index contributed by atoms with van der Waals surface area (Å²) in [6.45, 7) is 1.78. The quantitative estimate of drug-likeness (QED) is 0.497. The highest BCUT2D eigenvalue weighted by Gasteiger charge is 2.49. The molecule has 8 heteroatoms. The highest BCUT2D eigenvalue weighted by atomic mass is 16.8. The molecule has 0 saturated carbocycles. The van der Waals surface area contributed by atoms with Gasteiger partial charge in [-0.15, -0.1) is 0 Å². The Morgan fingerprint density at radius 1 is 0.864 bits per heavy atom. The van der Waals surface area contributed by atoms with Gasteiger partial charge in [-0.3, -0.25) is 0 Å². The SMILES string of the molecule is O=C(O[C@]12CC[C@@H](CO1)NC2)C(=O)O[C@]12CC[C@@H](CO1)NC2. The van der Waals surface area contributed by atoms with Gasteiger partial charge in [0.15, 0.2) is 0 Å². The molecule has 6 aliphatic heterocycles. The predicted octanol–water partition coefficient (Wildman–Crippen LogP) is -0.970. The molecule has 4 atom stereocenters. The summed E-state index contributed by atoms with van der Waals surface area (Å²) in [4.78, 5) is 24.1. The molecule has 0 unspecified atom stereocenters. The van der Waals surface area contributed by atoms with Crippen molar-refractivity contribution in [3.8, 4) is 0 Å². The standard InChI is InChI=1S/C14H20N2O6/c17-11(21-13-3-1-9(5-19-13)15-7-13)12(18)22-14-4-2-10(6-20-14)16-8-14/h9-10,15-16H,1-8H2/t9-,10-,13-,14-/m0/s1. The molecular formula is C14H20N2O6. The van der Waals surface area contributed by atoms with Crippen molar-refractivity contribution < 1.29 is 28.5 Å². The van der Waals surface area contributed by atoms with Crippen LogP contribution in [0.4, 0.5) is 0 Å². The number of nitrogens with one attached hydrogen (secondary N) is 2. The van der Waals surface area contributed by atoms with Crippen LogP contribution in [0, 0.1) is 0 Å². The molecule has 6 heterocycles. The number of piperidine rings is 2. The Kier molecular flexibility index (Phi) is 3.37. The third kappa shape index (κ3) is 2.50. The van der Waals surface area contributed by atoms with E-state index in [1.165, 1.54) is 0 Å². The number of esters is 2. The minimum atomic E-state index is -1.04. The minimum Gasteiger partial charge on any atom is -0.423 e. The van der Waals surface area contributed by atoms with Gasteiger partial charge in [0.05, 0.1) is 26.3 Å². The lowest BCUT2D eigenvalue weighted by Crippen LogP contribution is -2.63. The fourth-order valence-electron chi connectivity index (χ4n) is 3.46. The maximum Gasteiger partial charge on any atom is 0.420 e. The first-order chi connectivity index (χ1) is 10.6. The van der Waals surface area contributed by atoms with Crippen molar-refractivity contribution in [3.63, 3.8) is 0 Å². The summed E-state index contributed by atoms with van der Waals surface area (Å²) in [6, 6.07) is 0.617. The van der Waals surface area contributed by atoms with Crippen molar-refractivity contribution in [2.45, 2.75) is 49.3 Å². The van der Waals surface area contributed by atoms with Crippen LogP contribution >= 0.6 is 0 Å². The number of fused-ring (bicyclic) bond motifs is 6. The average molecular weight is 312 g/mol. The molecule has 0 radical (unpaired) electrons. The average Bonchev–Trinajstić information content (AvgIpc) is 2.57. The van der Waals surface area contributed by atoms with Gasteiger partial charge >= 0.3 is 11.9 Å². The van der Waals surface area contributed by atoms with Gasteiger partial charge in [-0.1, -0.05) is 0 Å². The normalized spacial score (nSPS) is 42.9. The van der Waals surface area contributed by atoms with E-state index < -0.39 is 23.5 Å². The first-order valence-electron chi connectivity index (χ1n) is 7.79. The summed E-state index contributed by atoms with van der Waals surface area (Å²) >= 11 is 0. The Balaban J connectivity index is 1.37. The second-order valence-electron chi connectivity index (χ2n) is 6.46. The van der Waals surface area contributed by atoms with Crippen LogP contribution < -0.4 is 10.6 Å². The van der Waals surface area contributed by atoms with Crippen molar-refractivity contribution >= 4 is 11.9 Å². The molecule has 6 rings (SSSR count). The van der Waals surface area contributed by atoms with E-state index in [0.717, 1.165) is 12.8 Å². The van der Waals surface area contributed by atoms with Crippen molar-refractivity contribution in [1.29, 1.82) is 0 Å². The Morgan fingerprint density at radius 3 is 1.59 bits per heavy atom. The molecule has 4 bridgehead atoms. The summed E-state index contributed by atoms with van der Waals surface area (Å²) in [5.41, 5.74) is 0. The summed E-state index contributed by atoms with van der Waals surface area (Å²) in [5, 5.41) is 6.44. The monoisotopic (exact) mass is 312 g/mol. The molecule has 0 aromatic rings. The van der Waals surface area contributed by atoms with Crippen LogP contribution in [0.5, 0.6) is 0 Å². The lowest BCUT2D eigenvalue weighted by atomic mass is 9.96. The fourth-order valence-corrected chi connectivity index (χ4v) is 3.46. The largest absolute Gasteiger partial charge is 0.423 e. The second kappa shape index (κ2) is 5.16. The van der Waals surface area contributed by atoms with Crippen molar-refractivity contribution in [2.24, 2.45) is 0 Å². The van der Waals surface area contributed by atoms with Crippen LogP contribution in [-0.2, 0) is 28.5 Å². The van der Waals surface area contributed by atoms with E-state index in [9.17, 15) is 9.59 Å². The molecule has 8 nitrogen and oxygen atoms in total. The number of hydrogen-bond donors (Lipinski definition) is 2. The van der Waals surface area contributed by atoms with Gasteiger partial charge in [-0.25, -0.2) is 9.59 Å². The zero-order valence-electron chi connectivity index (χ0n) is 12.3. The van der Waals surface area contributed by atoms with E-state index in [0.29, 0.717) is 51.2 Å². The molecular weight excluding hydrogens is 292 g/mol. The third-order valence-electron chi connectivity index (χ3n) is 4.89. The van der Waals surface area contributed by atoms with Crippen LogP contribution in [0.15, 0.2) is 0 Å². The summed E-state index contributed by atoms with van der Waals surface area (Å²) in [7, 11) is 0. The van der Waals surface area contributed by atoms with Gasteiger partial charge in [0, 0.05) is 24.9 Å². The zero-order chi connectivity index (χ0) is 15.2. The number of rotatable bonds is 2. The highest BCUT2D eigenvalue weighted by molar-refractivity contribution is 6.29. The van der Waals surface area contributed by atoms with Gasteiger partial charge in [0.2, 0.25) is 11.6 Å². The van der Waals surface area contributed by atoms with Crippen molar-refractivity contribution in [1.82, 2.24) is 10.6 Å². The Morgan fingerprint density at radius 2 is 1.32 bits per heavy atom. The number of hydrogen-bond acceptors (Lipinski definition) is 8. The fraction of sp³-hybridized carbons (Fsp3) is 0.857. The van der Waals surface area contributed by atoms with E-state index in [1.54, 1.807) is 0 Å². The van der Waals surface area contributed by atoms with Gasteiger partial charge in [0.1, 0.15) is 0 Å². The number of carbonyl (C=O) groups excluding carboxylic acids is 2. The van der Waals surface area contributed by atoms with Crippen LogP contribution in [-0.4, -0.2) is 61.9 Å².